The third-order valence-electron chi connectivity index (χ3n) is 3.23. The summed E-state index contributed by atoms with van der Waals surface area (Å²) in [6.45, 7) is -0.123. The van der Waals surface area contributed by atoms with E-state index in [1.165, 1.54) is 0 Å². The lowest BCUT2D eigenvalue weighted by Crippen LogP contribution is -2.22. The second-order valence-electron chi connectivity index (χ2n) is 5.27. The van der Waals surface area contributed by atoms with Crippen molar-refractivity contribution >= 4 is 40.7 Å². The highest BCUT2D eigenvalue weighted by Crippen LogP contribution is 2.31. The number of carbonyl (C=O) groups is 1. The van der Waals surface area contributed by atoms with Crippen LogP contribution in [0.3, 0.4) is 0 Å². The van der Waals surface area contributed by atoms with Crippen molar-refractivity contribution < 1.29 is 19.4 Å². The van der Waals surface area contributed by atoms with Gasteiger partial charge in [-0.1, -0.05) is 5.04 Å². The van der Waals surface area contributed by atoms with Crippen LogP contribution in [0.15, 0.2) is 57.6 Å². The van der Waals surface area contributed by atoms with Crippen LogP contribution in [-0.2, 0) is 14.2 Å². The van der Waals surface area contributed by atoms with Gasteiger partial charge in [0.1, 0.15) is 5.69 Å². The molecule has 9 nitrogen and oxygen atoms in total. The number of nitrogens with two attached hydrogens (primary N) is 1. The van der Waals surface area contributed by atoms with Crippen LogP contribution in [0, 0.1) is 0 Å². The maximum absolute atomic E-state index is 11.6. The number of carbonyl (C=O) groups excluding carboxylic acids is 1. The van der Waals surface area contributed by atoms with Crippen molar-refractivity contribution in [2.45, 2.75) is 4.90 Å². The first-order valence-corrected chi connectivity index (χ1v) is 8.25. The SMILES string of the molecule is CN(C)c1ccc(N=Nc2ccc(SOOO)cc2)c(NC(=O)CN)c1. The molecule has 2 rings (SSSR count). The molecule has 0 unspecified atom stereocenters. The zero-order chi connectivity index (χ0) is 18.9. The molecule has 2 aromatic rings. The minimum Gasteiger partial charge on any atom is -0.378 e. The van der Waals surface area contributed by atoms with Gasteiger partial charge in [0.05, 0.1) is 30.0 Å². The lowest BCUT2D eigenvalue weighted by Gasteiger charge is -2.15. The van der Waals surface area contributed by atoms with E-state index in [0.717, 1.165) is 17.7 Å². The van der Waals surface area contributed by atoms with Crippen LogP contribution in [0.4, 0.5) is 22.7 Å². The molecule has 0 aliphatic heterocycles. The van der Waals surface area contributed by atoms with E-state index in [9.17, 15) is 4.79 Å². The Balaban J connectivity index is 2.21. The third-order valence-corrected chi connectivity index (χ3v) is 3.82. The number of nitrogens with one attached hydrogen (secondary N) is 1. The van der Waals surface area contributed by atoms with E-state index in [0.29, 0.717) is 22.0 Å². The van der Waals surface area contributed by atoms with Crippen LogP contribution in [0.25, 0.3) is 0 Å². The fourth-order valence-corrected chi connectivity index (χ4v) is 2.28. The topological polar surface area (TPSA) is 122 Å². The number of nitrogens with zero attached hydrogens (tertiary/aromatic N) is 3. The van der Waals surface area contributed by atoms with Crippen molar-refractivity contribution in [2.75, 3.05) is 30.9 Å². The van der Waals surface area contributed by atoms with Gasteiger partial charge < -0.3 is 16.0 Å². The van der Waals surface area contributed by atoms with E-state index in [1.807, 2.05) is 25.1 Å². The Morgan fingerprint density at radius 2 is 1.96 bits per heavy atom. The van der Waals surface area contributed by atoms with Gasteiger partial charge in [-0.05, 0) is 42.5 Å². The molecule has 0 saturated carbocycles. The van der Waals surface area contributed by atoms with E-state index in [2.05, 4.69) is 24.9 Å². The summed E-state index contributed by atoms with van der Waals surface area (Å²) < 4.78 is 4.35. The third kappa shape index (κ3) is 5.79. The predicted octanol–water partition coefficient (Wildman–Crippen LogP) is 3.49. The van der Waals surface area contributed by atoms with E-state index in [-0.39, 0.29) is 12.5 Å². The van der Waals surface area contributed by atoms with E-state index >= 15 is 0 Å². The lowest BCUT2D eigenvalue weighted by atomic mass is 10.2. The Bertz CT molecular complexity index is 768. The quantitative estimate of drug-likeness (QED) is 0.278. The Morgan fingerprint density at radius 1 is 1.23 bits per heavy atom. The molecule has 0 aromatic heterocycles. The second-order valence-corrected chi connectivity index (χ2v) is 6.04. The van der Waals surface area contributed by atoms with Crippen LogP contribution in [-0.4, -0.2) is 31.8 Å². The zero-order valence-electron chi connectivity index (χ0n) is 14.2. The molecule has 0 aliphatic carbocycles. The molecule has 0 saturated heterocycles. The molecular weight excluding hydrogens is 358 g/mol. The van der Waals surface area contributed by atoms with Crippen LogP contribution >= 0.6 is 12.0 Å². The predicted molar refractivity (Wildman–Crippen MR) is 99.7 cm³/mol. The van der Waals surface area contributed by atoms with E-state index < -0.39 is 0 Å². The average molecular weight is 377 g/mol. The minimum absolute atomic E-state index is 0.123. The summed E-state index contributed by atoms with van der Waals surface area (Å²) in [4.78, 5) is 14.3. The molecule has 2 aromatic carbocycles. The van der Waals surface area contributed by atoms with Crippen LogP contribution < -0.4 is 16.0 Å². The number of hydrogen-bond donors (Lipinski definition) is 3. The van der Waals surface area contributed by atoms with Crippen LogP contribution in [0.1, 0.15) is 0 Å². The Labute approximate surface area is 154 Å². The van der Waals surface area contributed by atoms with Crippen molar-refractivity contribution in [1.29, 1.82) is 0 Å². The highest BCUT2D eigenvalue weighted by molar-refractivity contribution is 7.94. The molecule has 0 aliphatic rings. The van der Waals surface area contributed by atoms with E-state index in [1.54, 1.807) is 36.4 Å². The number of hydrogen-bond acceptors (Lipinski definition) is 9. The Hall–Kier alpha value is -2.50. The lowest BCUT2D eigenvalue weighted by molar-refractivity contribution is -0.432. The first-order valence-electron chi connectivity index (χ1n) is 7.51. The molecule has 10 heteroatoms. The number of anilines is 2. The summed E-state index contributed by atoms with van der Waals surface area (Å²) in [6.07, 6.45) is 0. The molecule has 26 heavy (non-hydrogen) atoms. The largest absolute Gasteiger partial charge is 0.378 e. The summed E-state index contributed by atoms with van der Waals surface area (Å²) in [7, 11) is 3.80. The molecule has 0 spiro atoms. The molecule has 138 valence electrons. The van der Waals surface area contributed by atoms with Gasteiger partial charge in [-0.25, -0.2) is 5.26 Å². The van der Waals surface area contributed by atoms with Crippen molar-refractivity contribution in [2.24, 2.45) is 16.0 Å². The van der Waals surface area contributed by atoms with Gasteiger partial charge >= 0.3 is 0 Å². The number of rotatable bonds is 8. The number of azo groups is 1. The standard InChI is InChI=1S/C16H19N5O4S/c1-21(2)12-5-8-14(15(9-12)18-16(22)10-17)20-19-11-3-6-13(7-4-11)26-25-24-23/h3-9,23H,10,17H2,1-2H3,(H,18,22). The average Bonchev–Trinajstić information content (AvgIpc) is 2.65. The first kappa shape index (κ1) is 19.8. The molecule has 1 amide bonds. The van der Waals surface area contributed by atoms with Gasteiger partial charge in [-0.15, -0.1) is 9.45 Å². The van der Waals surface area contributed by atoms with Gasteiger partial charge in [0.15, 0.2) is 0 Å². The molecule has 4 N–H and O–H groups in total. The molecular formula is C16H19N5O4S. The van der Waals surface area contributed by atoms with Crippen LogP contribution in [0.2, 0.25) is 0 Å². The van der Waals surface area contributed by atoms with Gasteiger partial charge in [-0.2, -0.15) is 5.11 Å². The Morgan fingerprint density at radius 3 is 2.58 bits per heavy atom. The van der Waals surface area contributed by atoms with Crippen molar-refractivity contribution in [1.82, 2.24) is 0 Å². The van der Waals surface area contributed by atoms with Crippen molar-refractivity contribution in [3.8, 4) is 0 Å². The molecule has 0 bridgehead atoms. The first-order chi connectivity index (χ1) is 12.5. The maximum atomic E-state index is 11.6. The summed E-state index contributed by atoms with van der Waals surface area (Å²) >= 11 is 0.851. The minimum atomic E-state index is -0.315. The number of amides is 1. The molecule has 0 atom stereocenters. The fraction of sp³-hybridized carbons (Fsp3) is 0.188. The zero-order valence-corrected chi connectivity index (χ0v) is 15.1. The number of benzene rings is 2. The van der Waals surface area contributed by atoms with Gasteiger partial charge in [-0.3, -0.25) is 4.79 Å². The van der Waals surface area contributed by atoms with E-state index in [4.69, 9.17) is 11.0 Å². The normalized spacial score (nSPS) is 10.9. The summed E-state index contributed by atoms with van der Waals surface area (Å²) in [5.41, 5.74) is 7.91. The maximum Gasteiger partial charge on any atom is 0.238 e. The van der Waals surface area contributed by atoms with Crippen LogP contribution in [0.5, 0.6) is 0 Å². The van der Waals surface area contributed by atoms with Crippen molar-refractivity contribution in [3.63, 3.8) is 0 Å². The Kier molecular flexibility index (Phi) is 7.51. The van der Waals surface area contributed by atoms with Gasteiger partial charge in [0.2, 0.25) is 5.91 Å². The van der Waals surface area contributed by atoms with Gasteiger partial charge in [0, 0.05) is 24.7 Å². The van der Waals surface area contributed by atoms with Gasteiger partial charge in [0.25, 0.3) is 0 Å². The smallest absolute Gasteiger partial charge is 0.238 e. The summed E-state index contributed by atoms with van der Waals surface area (Å²) in [6, 6.07) is 12.3. The molecule has 0 radical (unpaired) electrons. The summed E-state index contributed by atoms with van der Waals surface area (Å²) in [5.74, 6) is -0.315. The summed E-state index contributed by atoms with van der Waals surface area (Å²) in [5, 5.41) is 22.8. The van der Waals surface area contributed by atoms with Crippen molar-refractivity contribution in [3.05, 3.63) is 42.5 Å². The monoisotopic (exact) mass is 377 g/mol. The molecule has 0 heterocycles. The second kappa shape index (κ2) is 9.85. The molecule has 0 fully saturated rings. The highest BCUT2D eigenvalue weighted by atomic mass is 32.2. The fourth-order valence-electron chi connectivity index (χ4n) is 1.93. The highest BCUT2D eigenvalue weighted by Gasteiger charge is 2.08.